The molecular formula is C33H39N2O6+. The molecule has 0 bridgehead atoms. The number of aliphatic carboxylic acids is 1. The SMILES string of the molecule is CC(C)Oc1ccc2c(c1)C[N+](C(=O)NCC(C(=O)O)c1ccc(-c3ccccc3)cc1)(C(=O)OC(C)(C)C)CC2. The number of amides is 3. The molecule has 0 spiro atoms. The first-order valence-electron chi connectivity index (χ1n) is 13.9. The van der Waals surface area contributed by atoms with E-state index in [1.54, 1.807) is 32.9 Å². The average molecular weight is 560 g/mol. The fourth-order valence-electron chi connectivity index (χ4n) is 5.01. The number of benzene rings is 3. The minimum atomic E-state index is -1.07. The van der Waals surface area contributed by atoms with E-state index in [2.05, 4.69) is 5.32 Å². The highest BCUT2D eigenvalue weighted by atomic mass is 16.6. The highest BCUT2D eigenvalue weighted by Crippen LogP contribution is 2.32. The summed E-state index contributed by atoms with van der Waals surface area (Å²) in [5.41, 5.74) is 3.59. The molecule has 3 aromatic carbocycles. The Morgan fingerprint density at radius 1 is 0.927 bits per heavy atom. The van der Waals surface area contributed by atoms with Crippen LogP contribution < -0.4 is 10.1 Å². The number of carbonyl (C=O) groups excluding carboxylic acids is 2. The lowest BCUT2D eigenvalue weighted by Crippen LogP contribution is -2.63. The van der Waals surface area contributed by atoms with E-state index in [-0.39, 0.29) is 25.7 Å². The van der Waals surface area contributed by atoms with Crippen LogP contribution in [0, 0.1) is 0 Å². The fraction of sp³-hybridized carbons (Fsp3) is 0.364. The zero-order valence-electron chi connectivity index (χ0n) is 24.3. The van der Waals surface area contributed by atoms with Crippen molar-refractivity contribution in [2.24, 2.45) is 0 Å². The van der Waals surface area contributed by atoms with Crippen LogP contribution in [-0.4, -0.2) is 52.5 Å². The molecule has 0 saturated heterocycles. The summed E-state index contributed by atoms with van der Waals surface area (Å²) in [5.74, 6) is -1.40. The number of rotatable bonds is 7. The molecule has 2 N–H and O–H groups in total. The van der Waals surface area contributed by atoms with Gasteiger partial charge in [-0.05, 0) is 69.0 Å². The maximum atomic E-state index is 13.9. The molecule has 0 saturated carbocycles. The minimum absolute atomic E-state index is 0.0280. The summed E-state index contributed by atoms with van der Waals surface area (Å²) in [4.78, 5) is 39.7. The van der Waals surface area contributed by atoms with E-state index in [1.165, 1.54) is 0 Å². The highest BCUT2D eigenvalue weighted by Gasteiger charge is 2.50. The van der Waals surface area contributed by atoms with Crippen molar-refractivity contribution >= 4 is 18.1 Å². The van der Waals surface area contributed by atoms with E-state index >= 15 is 0 Å². The van der Waals surface area contributed by atoms with Gasteiger partial charge in [-0.25, -0.2) is 4.79 Å². The molecule has 0 radical (unpaired) electrons. The van der Waals surface area contributed by atoms with Crippen molar-refractivity contribution < 1.29 is 33.4 Å². The van der Waals surface area contributed by atoms with Gasteiger partial charge in [0.05, 0.1) is 12.0 Å². The quantitative estimate of drug-likeness (QED) is 0.319. The van der Waals surface area contributed by atoms with Crippen LogP contribution in [0.15, 0.2) is 72.8 Å². The molecule has 3 aromatic rings. The van der Waals surface area contributed by atoms with E-state index < -0.39 is 34.1 Å². The minimum Gasteiger partial charge on any atom is -0.491 e. The van der Waals surface area contributed by atoms with E-state index in [0.29, 0.717) is 17.7 Å². The molecule has 3 amide bonds. The number of nitrogens with one attached hydrogen (secondary N) is 1. The number of urea groups is 1. The second-order valence-corrected chi connectivity index (χ2v) is 11.7. The number of carboxylic acids is 1. The smallest absolute Gasteiger partial charge is 0.491 e. The Balaban J connectivity index is 1.58. The van der Waals surface area contributed by atoms with Crippen molar-refractivity contribution in [3.8, 4) is 16.9 Å². The van der Waals surface area contributed by atoms with Crippen molar-refractivity contribution in [2.75, 3.05) is 13.1 Å². The number of fused-ring (bicyclic) bond motifs is 1. The predicted molar refractivity (Wildman–Crippen MR) is 157 cm³/mol. The van der Waals surface area contributed by atoms with Crippen LogP contribution in [0.25, 0.3) is 11.1 Å². The summed E-state index contributed by atoms with van der Waals surface area (Å²) < 4.78 is 11.0. The van der Waals surface area contributed by atoms with Crippen LogP contribution in [0.4, 0.5) is 9.59 Å². The largest absolute Gasteiger partial charge is 0.526 e. The number of ether oxygens (including phenoxy) is 2. The number of hydrogen-bond acceptors (Lipinski definition) is 5. The zero-order chi connectivity index (χ0) is 29.8. The molecule has 1 aliphatic heterocycles. The van der Waals surface area contributed by atoms with E-state index in [0.717, 1.165) is 22.3 Å². The predicted octanol–water partition coefficient (Wildman–Crippen LogP) is 6.53. The second-order valence-electron chi connectivity index (χ2n) is 11.7. The summed E-state index contributed by atoms with van der Waals surface area (Å²) in [6, 6.07) is 22.2. The van der Waals surface area contributed by atoms with Crippen LogP contribution in [0.1, 0.15) is 57.2 Å². The third kappa shape index (κ3) is 7.13. The van der Waals surface area contributed by atoms with Crippen molar-refractivity contribution in [1.29, 1.82) is 0 Å². The monoisotopic (exact) mass is 559 g/mol. The molecule has 216 valence electrons. The highest BCUT2D eigenvalue weighted by molar-refractivity contribution is 5.82. The zero-order valence-corrected chi connectivity index (χ0v) is 24.3. The normalized spacial score (nSPS) is 17.3. The molecule has 4 rings (SSSR count). The van der Waals surface area contributed by atoms with Gasteiger partial charge < -0.3 is 19.9 Å². The summed E-state index contributed by atoms with van der Waals surface area (Å²) in [6.07, 6.45) is -0.220. The maximum absolute atomic E-state index is 13.9. The number of quaternary nitrogens is 1. The molecule has 8 heteroatoms. The summed E-state index contributed by atoms with van der Waals surface area (Å²) in [6.45, 7) is 9.23. The first-order chi connectivity index (χ1) is 19.4. The van der Waals surface area contributed by atoms with Crippen molar-refractivity contribution in [2.45, 2.75) is 65.2 Å². The number of carboxylic acid groups (broad SMARTS) is 1. The molecule has 1 heterocycles. The maximum Gasteiger partial charge on any atom is 0.526 e. The Hall–Kier alpha value is -4.17. The van der Waals surface area contributed by atoms with Crippen LogP contribution in [-0.2, 0) is 22.5 Å². The first kappa shape index (κ1) is 29.8. The third-order valence-corrected chi connectivity index (χ3v) is 7.06. The summed E-state index contributed by atoms with van der Waals surface area (Å²) in [5, 5.41) is 12.8. The first-order valence-corrected chi connectivity index (χ1v) is 13.9. The fourth-order valence-corrected chi connectivity index (χ4v) is 5.01. The van der Waals surface area contributed by atoms with Crippen LogP contribution >= 0.6 is 0 Å². The van der Waals surface area contributed by atoms with E-state index in [1.807, 2.05) is 74.5 Å². The molecule has 2 unspecified atom stereocenters. The Bertz CT molecular complexity index is 1400. The standard InChI is InChI=1S/C33H38N2O6/c1-22(2)40-28-16-15-25-17-18-35(21-27(25)19-28,32(39)41-33(3,4)5)31(38)34-20-29(30(36)37)26-13-11-24(12-14-26)23-9-7-6-8-10-23/h6-16,19,22,29H,17-18,20-21H2,1-5H3,(H-,34,36,37,38)/p+1. The van der Waals surface area contributed by atoms with E-state index in [4.69, 9.17) is 9.47 Å². The van der Waals surface area contributed by atoms with E-state index in [9.17, 15) is 19.5 Å². The molecule has 0 aliphatic carbocycles. The molecule has 1 aliphatic rings. The third-order valence-electron chi connectivity index (χ3n) is 7.06. The van der Waals surface area contributed by atoms with Crippen molar-refractivity contribution in [3.63, 3.8) is 0 Å². The second kappa shape index (κ2) is 12.1. The molecular weight excluding hydrogens is 520 g/mol. The van der Waals surface area contributed by atoms with Gasteiger partial charge in [0.15, 0.2) is 0 Å². The molecule has 0 fully saturated rings. The van der Waals surface area contributed by atoms with Crippen LogP contribution in [0.2, 0.25) is 0 Å². The Morgan fingerprint density at radius 2 is 1.59 bits per heavy atom. The molecule has 8 nitrogen and oxygen atoms in total. The van der Waals surface area contributed by atoms with Gasteiger partial charge in [0.1, 0.15) is 24.4 Å². The lowest BCUT2D eigenvalue weighted by atomic mass is 9.96. The van der Waals surface area contributed by atoms with Crippen molar-refractivity contribution in [3.05, 3.63) is 89.5 Å². The summed E-state index contributed by atoms with van der Waals surface area (Å²) in [7, 11) is 0. The van der Waals surface area contributed by atoms with Crippen LogP contribution in [0.5, 0.6) is 5.75 Å². The Kier molecular flexibility index (Phi) is 8.83. The van der Waals surface area contributed by atoms with Gasteiger partial charge >= 0.3 is 18.1 Å². The van der Waals surface area contributed by atoms with Gasteiger partial charge in [0.25, 0.3) is 0 Å². The van der Waals surface area contributed by atoms with Crippen LogP contribution in [0.3, 0.4) is 0 Å². The molecule has 2 atom stereocenters. The lowest BCUT2D eigenvalue weighted by Gasteiger charge is -2.37. The average Bonchev–Trinajstić information content (AvgIpc) is 2.92. The Labute approximate surface area is 241 Å². The van der Waals surface area contributed by atoms with Gasteiger partial charge in [0.2, 0.25) is 0 Å². The lowest BCUT2D eigenvalue weighted by molar-refractivity contribution is -0.795. The number of nitrogens with zero attached hydrogens (tertiary/aromatic N) is 1. The van der Waals surface area contributed by atoms with Gasteiger partial charge in [-0.1, -0.05) is 60.7 Å². The summed E-state index contributed by atoms with van der Waals surface area (Å²) >= 11 is 0. The molecule has 41 heavy (non-hydrogen) atoms. The van der Waals surface area contributed by atoms with Gasteiger partial charge in [-0.2, -0.15) is 4.79 Å². The van der Waals surface area contributed by atoms with Crippen molar-refractivity contribution in [1.82, 2.24) is 5.32 Å². The molecule has 0 aromatic heterocycles. The topological polar surface area (TPSA) is 102 Å². The van der Waals surface area contributed by atoms with Gasteiger partial charge in [-0.15, -0.1) is 4.48 Å². The number of carbonyl (C=O) groups is 3. The van der Waals surface area contributed by atoms with Gasteiger partial charge in [-0.3, -0.25) is 4.79 Å². The Morgan fingerprint density at radius 3 is 2.20 bits per heavy atom. The number of hydrogen-bond donors (Lipinski definition) is 2. The van der Waals surface area contributed by atoms with Gasteiger partial charge in [0, 0.05) is 18.5 Å². The number of imide groups is 1.